The highest BCUT2D eigenvalue weighted by Crippen LogP contribution is 2.40. The maximum absolute atomic E-state index is 14.4. The molecule has 1 aromatic carbocycles. The van der Waals surface area contributed by atoms with Gasteiger partial charge in [0, 0.05) is 56.9 Å². The van der Waals surface area contributed by atoms with E-state index >= 15 is 0 Å². The second kappa shape index (κ2) is 13.9. The molecule has 2 atom stereocenters. The number of Topliss-reactive ketones (excluding diaryl/α,β-unsaturated/α-hetero) is 1. The summed E-state index contributed by atoms with van der Waals surface area (Å²) in [6.07, 6.45) is 2.50. The van der Waals surface area contributed by atoms with Crippen LogP contribution in [0.2, 0.25) is 5.02 Å². The Balaban J connectivity index is 1.47. The number of nitrogens with zero attached hydrogens (tertiary/aromatic N) is 6. The van der Waals surface area contributed by atoms with Gasteiger partial charge in [-0.2, -0.15) is 13.5 Å². The number of hydrogen-bond acceptors (Lipinski definition) is 12. The predicted molar refractivity (Wildman–Crippen MR) is 182 cm³/mol. The lowest BCUT2D eigenvalue weighted by atomic mass is 9.94. The van der Waals surface area contributed by atoms with Gasteiger partial charge >= 0.3 is 12.1 Å². The number of halogens is 1. The van der Waals surface area contributed by atoms with Crippen LogP contribution in [0.25, 0.3) is 0 Å². The third-order valence-corrected chi connectivity index (χ3v) is 11.6. The molecule has 0 unspecified atom stereocenters. The average molecular weight is 720 g/mol. The molecule has 1 N–H and O–H groups in total. The third-order valence-electron chi connectivity index (χ3n) is 7.98. The second-order valence-electron chi connectivity index (χ2n) is 12.1. The summed E-state index contributed by atoms with van der Waals surface area (Å²) in [5.74, 6) is -0.481. The first-order valence-corrected chi connectivity index (χ1v) is 18.1. The second-order valence-corrected chi connectivity index (χ2v) is 15.4. The van der Waals surface area contributed by atoms with Crippen molar-refractivity contribution in [2.45, 2.75) is 49.2 Å². The highest BCUT2D eigenvalue weighted by atomic mass is 35.5. The first-order valence-electron chi connectivity index (χ1n) is 15.3. The van der Waals surface area contributed by atoms with E-state index in [1.165, 1.54) is 58.7 Å². The average Bonchev–Trinajstić information content (AvgIpc) is 3.67. The lowest BCUT2D eigenvalue weighted by molar-refractivity contribution is -0.152. The molecule has 2 aromatic heterocycles. The number of hydrogen-bond donors (Lipinski definition) is 1. The molecular formula is C31H38ClN7O7S2. The van der Waals surface area contributed by atoms with Crippen molar-refractivity contribution in [1.29, 1.82) is 0 Å². The Kier molecular flexibility index (Phi) is 10.3. The van der Waals surface area contributed by atoms with Crippen LogP contribution in [0, 0.1) is 0 Å². The standard InChI is InChI=1S/C31H38ClN7O7S2/c1-6-45-28(41)31(4,26(40)27-34-30(2,3)20-47-27)39(48(43,44)25-12-14-36(5)35-25)21-10-11-23(22(32)19-21)46-29(42)38-17-15-37(16-18-38)24-9-7-8-13-33-24/h7-14,19,27,34H,6,15-18,20H2,1-5H3/t27-,31+/m0/s1. The fourth-order valence-corrected chi connectivity index (χ4v) is 8.81. The van der Waals surface area contributed by atoms with E-state index in [1.807, 2.05) is 32.0 Å². The molecule has 17 heteroatoms. The van der Waals surface area contributed by atoms with E-state index in [0.717, 1.165) is 5.82 Å². The normalized spacial score (nSPS) is 19.0. The molecule has 0 aliphatic carbocycles. The molecule has 4 heterocycles. The van der Waals surface area contributed by atoms with Crippen molar-refractivity contribution in [3.63, 3.8) is 0 Å². The van der Waals surface area contributed by atoms with Gasteiger partial charge < -0.3 is 19.3 Å². The Morgan fingerprint density at radius 1 is 1.15 bits per heavy atom. The SMILES string of the molecule is CCOC(=O)[C@@](C)(C(=O)[C@H]1NC(C)(C)CS1)N(c1ccc(OC(=O)N2CCN(c3ccccn3)CC2)c(Cl)c1)S(=O)(=O)c1ccn(C)n1. The van der Waals surface area contributed by atoms with Gasteiger partial charge in [0.15, 0.2) is 16.6 Å². The number of ketones is 1. The van der Waals surface area contributed by atoms with Crippen LogP contribution in [0.15, 0.2) is 59.9 Å². The number of amides is 1. The van der Waals surface area contributed by atoms with Crippen LogP contribution in [0.4, 0.5) is 16.3 Å². The molecule has 0 radical (unpaired) electrons. The summed E-state index contributed by atoms with van der Waals surface area (Å²) in [7, 11) is -3.16. The molecule has 5 rings (SSSR count). The zero-order valence-electron chi connectivity index (χ0n) is 27.3. The first-order chi connectivity index (χ1) is 22.7. The highest BCUT2D eigenvalue weighted by Gasteiger charge is 2.57. The molecule has 48 heavy (non-hydrogen) atoms. The van der Waals surface area contributed by atoms with Gasteiger partial charge in [-0.3, -0.25) is 14.8 Å². The van der Waals surface area contributed by atoms with Gasteiger partial charge in [-0.15, -0.1) is 11.8 Å². The topological polar surface area (TPSA) is 156 Å². The molecular weight excluding hydrogens is 682 g/mol. The van der Waals surface area contributed by atoms with Gasteiger partial charge in [-0.1, -0.05) is 17.7 Å². The minimum Gasteiger partial charge on any atom is -0.464 e. The van der Waals surface area contributed by atoms with Crippen LogP contribution in [-0.4, -0.2) is 101 Å². The predicted octanol–water partition coefficient (Wildman–Crippen LogP) is 3.32. The quantitative estimate of drug-likeness (QED) is 0.241. The van der Waals surface area contributed by atoms with Crippen LogP contribution >= 0.6 is 23.4 Å². The zero-order chi connectivity index (χ0) is 34.9. The van der Waals surface area contributed by atoms with Gasteiger partial charge in [-0.25, -0.2) is 18.9 Å². The lowest BCUT2D eigenvalue weighted by Gasteiger charge is -2.39. The smallest absolute Gasteiger partial charge is 0.415 e. The molecule has 0 saturated carbocycles. The third kappa shape index (κ3) is 7.11. The Morgan fingerprint density at radius 3 is 2.44 bits per heavy atom. The van der Waals surface area contributed by atoms with Gasteiger partial charge in [-0.05, 0) is 64.1 Å². The summed E-state index contributed by atoms with van der Waals surface area (Å²) in [5, 5.41) is 5.81. The van der Waals surface area contributed by atoms with E-state index in [9.17, 15) is 22.8 Å². The van der Waals surface area contributed by atoms with Gasteiger partial charge in [0.2, 0.25) is 5.54 Å². The van der Waals surface area contributed by atoms with E-state index in [4.69, 9.17) is 21.1 Å². The number of pyridine rings is 1. The number of aryl methyl sites for hydroxylation is 1. The van der Waals surface area contributed by atoms with Crippen LogP contribution in [0.1, 0.15) is 27.7 Å². The molecule has 0 spiro atoms. The number of aromatic nitrogens is 3. The molecule has 2 aliphatic rings. The maximum atomic E-state index is 14.4. The van der Waals surface area contributed by atoms with Crippen molar-refractivity contribution in [2.24, 2.45) is 7.05 Å². The number of esters is 1. The highest BCUT2D eigenvalue weighted by molar-refractivity contribution is 8.01. The van der Waals surface area contributed by atoms with Gasteiger partial charge in [0.25, 0.3) is 10.0 Å². The summed E-state index contributed by atoms with van der Waals surface area (Å²) in [6.45, 7) is 8.32. The Bertz CT molecular complexity index is 1780. The summed E-state index contributed by atoms with van der Waals surface area (Å²) in [6, 6.07) is 10.8. The molecule has 3 aromatic rings. The Morgan fingerprint density at radius 2 is 1.88 bits per heavy atom. The molecule has 2 aliphatic heterocycles. The molecule has 1 amide bonds. The van der Waals surface area contributed by atoms with Crippen molar-refractivity contribution in [3.05, 3.63) is 59.9 Å². The zero-order valence-corrected chi connectivity index (χ0v) is 29.6. The largest absolute Gasteiger partial charge is 0.464 e. The van der Waals surface area contributed by atoms with Crippen LogP contribution in [0.5, 0.6) is 5.75 Å². The van der Waals surface area contributed by atoms with E-state index in [-0.39, 0.29) is 23.1 Å². The number of sulfonamides is 1. The van der Waals surface area contributed by atoms with Crippen molar-refractivity contribution >= 4 is 62.7 Å². The molecule has 258 valence electrons. The van der Waals surface area contributed by atoms with Crippen molar-refractivity contribution < 1.29 is 32.3 Å². The minimum absolute atomic E-state index is 0.0355. The molecule has 0 bridgehead atoms. The van der Waals surface area contributed by atoms with Crippen LogP contribution < -0.4 is 19.3 Å². The molecule has 2 fully saturated rings. The van der Waals surface area contributed by atoms with E-state index in [0.29, 0.717) is 36.2 Å². The summed E-state index contributed by atoms with van der Waals surface area (Å²) < 4.78 is 41.7. The van der Waals surface area contributed by atoms with Crippen molar-refractivity contribution in [2.75, 3.05) is 47.7 Å². The number of carbonyl (C=O) groups excluding carboxylic acids is 3. The summed E-state index contributed by atoms with van der Waals surface area (Å²) >= 11 is 7.89. The maximum Gasteiger partial charge on any atom is 0.415 e. The number of rotatable bonds is 10. The fraction of sp³-hybridized carbons (Fsp3) is 0.452. The Hall–Kier alpha value is -3.86. The number of anilines is 2. The number of thioether (sulfide) groups is 1. The molecule has 14 nitrogen and oxygen atoms in total. The van der Waals surface area contributed by atoms with E-state index < -0.39 is 49.3 Å². The lowest BCUT2D eigenvalue weighted by Crippen LogP contribution is -2.65. The van der Waals surface area contributed by atoms with Crippen LogP contribution in [0.3, 0.4) is 0 Å². The van der Waals surface area contributed by atoms with Crippen molar-refractivity contribution in [1.82, 2.24) is 25.0 Å². The van der Waals surface area contributed by atoms with Crippen molar-refractivity contribution in [3.8, 4) is 5.75 Å². The first kappa shape index (κ1) is 35.4. The molecule has 2 saturated heterocycles. The monoisotopic (exact) mass is 719 g/mol. The van der Waals surface area contributed by atoms with E-state index in [2.05, 4.69) is 20.3 Å². The Labute approximate surface area is 288 Å². The van der Waals surface area contributed by atoms with Crippen LogP contribution in [-0.2, 0) is 31.4 Å². The number of benzene rings is 1. The van der Waals surface area contributed by atoms with E-state index in [1.54, 1.807) is 20.2 Å². The number of ether oxygens (including phenoxy) is 2. The van der Waals surface area contributed by atoms with Gasteiger partial charge in [0.05, 0.1) is 17.3 Å². The number of piperazine rings is 1. The van der Waals surface area contributed by atoms with Gasteiger partial charge in [0.1, 0.15) is 11.2 Å². The number of carbonyl (C=O) groups is 3. The minimum atomic E-state index is -4.70. The number of nitrogens with one attached hydrogen (secondary N) is 1. The summed E-state index contributed by atoms with van der Waals surface area (Å²) in [4.78, 5) is 49.2. The fourth-order valence-electron chi connectivity index (χ4n) is 5.46. The summed E-state index contributed by atoms with van der Waals surface area (Å²) in [5.41, 5.74) is -2.99.